The van der Waals surface area contributed by atoms with Crippen LogP contribution in [0.4, 0.5) is 14.5 Å². The minimum Gasteiger partial charge on any atom is -0.384 e. The zero-order valence-electron chi connectivity index (χ0n) is 11.0. The molecular weight excluding hydrogens is 286 g/mol. The van der Waals surface area contributed by atoms with Gasteiger partial charge in [0.15, 0.2) is 0 Å². The first-order chi connectivity index (χ1) is 9.51. The molecule has 0 saturated carbocycles. The van der Waals surface area contributed by atoms with Crippen LogP contribution >= 0.6 is 0 Å². The van der Waals surface area contributed by atoms with E-state index in [0.29, 0.717) is 12.5 Å². The normalized spacial score (nSPS) is 20.1. The number of hydrogen-bond donors (Lipinski definition) is 2. The lowest BCUT2D eigenvalue weighted by Crippen LogP contribution is -2.33. The van der Waals surface area contributed by atoms with Crippen LogP contribution in [0.15, 0.2) is 29.2 Å². The quantitative estimate of drug-likeness (QED) is 0.874. The van der Waals surface area contributed by atoms with E-state index in [-0.39, 0.29) is 10.6 Å². The summed E-state index contributed by atoms with van der Waals surface area (Å²) in [6.07, 6.45) is 2.12. The number of anilines is 1. The smallest absolute Gasteiger partial charge is 0.341 e. The average molecular weight is 304 g/mol. The molecule has 1 aliphatic heterocycles. The maximum absolute atomic E-state index is 12.6. The predicted octanol–water partition coefficient (Wildman–Crippen LogP) is 2.09. The van der Waals surface area contributed by atoms with Crippen molar-refractivity contribution >= 4 is 15.5 Å². The lowest BCUT2D eigenvalue weighted by Gasteiger charge is -2.24. The first kappa shape index (κ1) is 15.2. The van der Waals surface area contributed by atoms with Crippen molar-refractivity contribution in [3.8, 4) is 0 Å². The standard InChI is InChI=1S/C13H18F2N2O2S/c14-13(15)20(18,19)12-6-2-1-5-11(12)17-9-10-4-3-7-16-8-10/h1-2,5-6,10,13,16-17H,3-4,7-9H2. The van der Waals surface area contributed by atoms with Gasteiger partial charge in [0.1, 0.15) is 0 Å². The molecule has 0 aromatic heterocycles. The average Bonchev–Trinajstić information content (AvgIpc) is 2.46. The van der Waals surface area contributed by atoms with Gasteiger partial charge in [0, 0.05) is 6.54 Å². The third-order valence-electron chi connectivity index (χ3n) is 3.41. The number of halogens is 2. The zero-order valence-corrected chi connectivity index (χ0v) is 11.8. The lowest BCUT2D eigenvalue weighted by molar-refractivity contribution is 0.235. The van der Waals surface area contributed by atoms with Crippen molar-refractivity contribution in [1.82, 2.24) is 5.32 Å². The molecule has 1 fully saturated rings. The summed E-state index contributed by atoms with van der Waals surface area (Å²) in [5.74, 6) is -3.02. The summed E-state index contributed by atoms with van der Waals surface area (Å²) in [4.78, 5) is -0.334. The number of piperidine rings is 1. The number of rotatable bonds is 5. The third kappa shape index (κ3) is 3.46. The fraction of sp³-hybridized carbons (Fsp3) is 0.538. The molecule has 0 amide bonds. The number of hydrogen-bond acceptors (Lipinski definition) is 4. The summed E-state index contributed by atoms with van der Waals surface area (Å²) in [7, 11) is -4.57. The van der Waals surface area contributed by atoms with Crippen molar-refractivity contribution in [2.75, 3.05) is 25.0 Å². The summed E-state index contributed by atoms with van der Waals surface area (Å²) in [5.41, 5.74) is 0.248. The maximum atomic E-state index is 12.6. The highest BCUT2D eigenvalue weighted by Gasteiger charge is 2.29. The SMILES string of the molecule is O=S(=O)(c1ccccc1NCC1CCCNC1)C(F)F. The predicted molar refractivity (Wildman–Crippen MR) is 73.7 cm³/mol. The van der Waals surface area contributed by atoms with E-state index in [1.54, 1.807) is 6.07 Å². The molecule has 0 radical (unpaired) electrons. The zero-order chi connectivity index (χ0) is 14.6. The number of sulfone groups is 1. The van der Waals surface area contributed by atoms with E-state index >= 15 is 0 Å². The Morgan fingerprint density at radius 1 is 1.35 bits per heavy atom. The Morgan fingerprint density at radius 2 is 2.10 bits per heavy atom. The fourth-order valence-electron chi connectivity index (χ4n) is 2.31. The van der Waals surface area contributed by atoms with Crippen LogP contribution in [-0.4, -0.2) is 33.8 Å². The Hall–Kier alpha value is -1.21. The van der Waals surface area contributed by atoms with Crippen LogP contribution in [0.25, 0.3) is 0 Å². The Morgan fingerprint density at radius 3 is 2.75 bits per heavy atom. The summed E-state index contributed by atoms with van der Waals surface area (Å²) < 4.78 is 48.5. The molecule has 112 valence electrons. The Labute approximate surface area is 117 Å². The van der Waals surface area contributed by atoms with Gasteiger partial charge in [0.25, 0.3) is 0 Å². The van der Waals surface area contributed by atoms with E-state index in [4.69, 9.17) is 0 Å². The monoisotopic (exact) mass is 304 g/mol. The van der Waals surface area contributed by atoms with Gasteiger partial charge in [0.2, 0.25) is 9.84 Å². The molecule has 1 saturated heterocycles. The molecule has 1 unspecified atom stereocenters. The summed E-state index contributed by atoms with van der Waals surface area (Å²) >= 11 is 0. The van der Waals surface area contributed by atoms with E-state index in [2.05, 4.69) is 10.6 Å². The van der Waals surface area contributed by atoms with E-state index in [9.17, 15) is 17.2 Å². The van der Waals surface area contributed by atoms with E-state index < -0.39 is 15.6 Å². The number of nitrogens with one attached hydrogen (secondary N) is 2. The van der Waals surface area contributed by atoms with Crippen molar-refractivity contribution in [3.63, 3.8) is 0 Å². The van der Waals surface area contributed by atoms with Crippen LogP contribution in [0.2, 0.25) is 0 Å². The van der Waals surface area contributed by atoms with Crippen LogP contribution in [-0.2, 0) is 9.84 Å². The van der Waals surface area contributed by atoms with Gasteiger partial charge in [-0.3, -0.25) is 0 Å². The maximum Gasteiger partial charge on any atom is 0.341 e. The Bertz CT molecular complexity index is 543. The molecule has 1 atom stereocenters. The molecule has 0 bridgehead atoms. The molecular formula is C13H18F2N2O2S. The van der Waals surface area contributed by atoms with Gasteiger partial charge >= 0.3 is 5.76 Å². The first-order valence-electron chi connectivity index (χ1n) is 6.57. The first-order valence-corrected chi connectivity index (χ1v) is 8.12. The second-order valence-corrected chi connectivity index (χ2v) is 6.78. The summed E-state index contributed by atoms with van der Waals surface area (Å²) in [6.45, 7) is 2.42. The molecule has 7 heteroatoms. The van der Waals surface area contributed by atoms with Gasteiger partial charge < -0.3 is 10.6 Å². The van der Waals surface area contributed by atoms with Gasteiger partial charge in [-0.15, -0.1) is 0 Å². The summed E-state index contributed by atoms with van der Waals surface area (Å²) in [5, 5.41) is 6.25. The van der Waals surface area contributed by atoms with Crippen LogP contribution < -0.4 is 10.6 Å². The lowest BCUT2D eigenvalue weighted by atomic mass is 10.00. The minimum atomic E-state index is -4.57. The molecule has 2 rings (SSSR count). The van der Waals surface area contributed by atoms with Gasteiger partial charge in [-0.2, -0.15) is 8.78 Å². The van der Waals surface area contributed by atoms with Crippen molar-refractivity contribution in [1.29, 1.82) is 0 Å². The molecule has 2 N–H and O–H groups in total. The van der Waals surface area contributed by atoms with Gasteiger partial charge in [0.05, 0.1) is 10.6 Å². The second-order valence-electron chi connectivity index (χ2n) is 4.90. The second kappa shape index (κ2) is 6.49. The van der Waals surface area contributed by atoms with E-state index in [1.807, 2.05) is 0 Å². The van der Waals surface area contributed by atoms with E-state index in [1.165, 1.54) is 18.2 Å². The fourth-order valence-corrected chi connectivity index (χ4v) is 3.22. The van der Waals surface area contributed by atoms with Crippen LogP contribution in [0, 0.1) is 5.92 Å². The van der Waals surface area contributed by atoms with Crippen LogP contribution in [0.5, 0.6) is 0 Å². The Kier molecular flexibility index (Phi) is 4.93. The van der Waals surface area contributed by atoms with E-state index in [0.717, 1.165) is 25.9 Å². The minimum absolute atomic E-state index is 0.248. The van der Waals surface area contributed by atoms with Crippen molar-refractivity contribution in [2.45, 2.75) is 23.5 Å². The topological polar surface area (TPSA) is 58.2 Å². The molecule has 20 heavy (non-hydrogen) atoms. The van der Waals surface area contributed by atoms with Gasteiger partial charge in [-0.05, 0) is 44.0 Å². The molecule has 0 spiro atoms. The van der Waals surface area contributed by atoms with Crippen molar-refractivity contribution < 1.29 is 17.2 Å². The molecule has 0 aliphatic carbocycles. The van der Waals surface area contributed by atoms with Crippen molar-refractivity contribution in [2.24, 2.45) is 5.92 Å². The van der Waals surface area contributed by atoms with Gasteiger partial charge in [-0.1, -0.05) is 12.1 Å². The van der Waals surface area contributed by atoms with Crippen LogP contribution in [0.1, 0.15) is 12.8 Å². The molecule has 1 aliphatic rings. The number of alkyl halides is 2. The van der Waals surface area contributed by atoms with Crippen LogP contribution in [0.3, 0.4) is 0 Å². The highest BCUT2D eigenvalue weighted by atomic mass is 32.2. The highest BCUT2D eigenvalue weighted by molar-refractivity contribution is 7.91. The molecule has 1 aromatic rings. The highest BCUT2D eigenvalue weighted by Crippen LogP contribution is 2.26. The Balaban J connectivity index is 2.12. The molecule has 1 heterocycles. The van der Waals surface area contributed by atoms with Gasteiger partial charge in [-0.25, -0.2) is 8.42 Å². The number of para-hydroxylation sites is 1. The third-order valence-corrected chi connectivity index (χ3v) is 4.85. The number of benzene rings is 1. The van der Waals surface area contributed by atoms with Crippen molar-refractivity contribution in [3.05, 3.63) is 24.3 Å². The molecule has 1 aromatic carbocycles. The summed E-state index contributed by atoms with van der Waals surface area (Å²) in [6, 6.07) is 5.81. The largest absolute Gasteiger partial charge is 0.384 e. The molecule has 4 nitrogen and oxygen atoms in total.